The molecule has 1 atom stereocenters. The number of carboxylic acid groups (broad SMARTS) is 1. The van der Waals surface area contributed by atoms with E-state index in [2.05, 4.69) is 5.32 Å². The van der Waals surface area contributed by atoms with Gasteiger partial charge in [0, 0.05) is 11.8 Å². The van der Waals surface area contributed by atoms with E-state index in [1.807, 2.05) is 18.2 Å². The summed E-state index contributed by atoms with van der Waals surface area (Å²) in [7, 11) is 0. The zero-order valence-corrected chi connectivity index (χ0v) is 13.7. The molecule has 2 aromatic carbocycles. The summed E-state index contributed by atoms with van der Waals surface area (Å²) >= 11 is 0. The summed E-state index contributed by atoms with van der Waals surface area (Å²) in [6.07, 6.45) is 2.17. The van der Waals surface area contributed by atoms with E-state index in [-0.39, 0.29) is 23.8 Å². The number of amides is 2. The zero-order chi connectivity index (χ0) is 18.3. The highest BCUT2D eigenvalue weighted by molar-refractivity contribution is 6.03. The highest BCUT2D eigenvalue weighted by Gasteiger charge is 2.31. The van der Waals surface area contributed by atoms with Gasteiger partial charge in [0.1, 0.15) is 5.58 Å². The molecular formula is C20H15NO5. The molecule has 0 radical (unpaired) electrons. The third-order valence-electron chi connectivity index (χ3n) is 4.62. The Bertz CT molecular complexity index is 1030. The smallest absolute Gasteiger partial charge is 0.335 e. The molecule has 1 aromatic heterocycles. The molecule has 1 saturated heterocycles. The fourth-order valence-electron chi connectivity index (χ4n) is 3.32. The third-order valence-corrected chi connectivity index (χ3v) is 4.62. The second-order valence-electron chi connectivity index (χ2n) is 6.37. The lowest BCUT2D eigenvalue weighted by atomic mass is 9.93. The molecule has 0 bridgehead atoms. The molecular weight excluding hydrogens is 334 g/mol. The molecule has 0 aliphatic carbocycles. The van der Waals surface area contributed by atoms with Gasteiger partial charge < -0.3 is 9.52 Å². The second-order valence-corrected chi connectivity index (χ2v) is 6.37. The molecule has 130 valence electrons. The van der Waals surface area contributed by atoms with Gasteiger partial charge in [0.05, 0.1) is 17.7 Å². The average Bonchev–Trinajstić information content (AvgIpc) is 3.21. The van der Waals surface area contributed by atoms with Crippen LogP contribution >= 0.6 is 0 Å². The summed E-state index contributed by atoms with van der Waals surface area (Å²) in [5.41, 5.74) is 3.53. The summed E-state index contributed by atoms with van der Waals surface area (Å²) in [6, 6.07) is 12.3. The number of rotatable bonds is 4. The van der Waals surface area contributed by atoms with Crippen LogP contribution in [0.4, 0.5) is 0 Å². The summed E-state index contributed by atoms with van der Waals surface area (Å²) in [5.74, 6) is -1.89. The molecule has 2 amide bonds. The maximum Gasteiger partial charge on any atom is 0.335 e. The minimum Gasteiger partial charge on any atom is -0.478 e. The van der Waals surface area contributed by atoms with Crippen molar-refractivity contribution in [1.82, 2.24) is 5.32 Å². The third kappa shape index (κ3) is 2.86. The number of carbonyl (C=O) groups excluding carboxylic acids is 2. The number of aromatic carboxylic acids is 1. The number of furan rings is 1. The van der Waals surface area contributed by atoms with Crippen LogP contribution in [0.5, 0.6) is 0 Å². The van der Waals surface area contributed by atoms with E-state index in [0.717, 1.165) is 22.1 Å². The molecule has 1 aliphatic rings. The lowest BCUT2D eigenvalue weighted by Gasteiger charge is -2.10. The van der Waals surface area contributed by atoms with Crippen LogP contribution in [0.25, 0.3) is 22.1 Å². The van der Waals surface area contributed by atoms with Crippen molar-refractivity contribution in [1.29, 1.82) is 0 Å². The Morgan fingerprint density at radius 2 is 1.88 bits per heavy atom. The van der Waals surface area contributed by atoms with Gasteiger partial charge in [-0.25, -0.2) is 4.79 Å². The molecule has 1 fully saturated rings. The lowest BCUT2D eigenvalue weighted by molar-refractivity contribution is -0.125. The fourth-order valence-corrected chi connectivity index (χ4v) is 3.32. The summed E-state index contributed by atoms with van der Waals surface area (Å²) < 4.78 is 5.57. The van der Waals surface area contributed by atoms with Gasteiger partial charge in [-0.05, 0) is 53.4 Å². The minimum absolute atomic E-state index is 0.179. The standard InChI is InChI=1S/C20H15NO5/c22-17-10-16(19(23)21-17)9-15-8-14(7-13-5-6-26-18(13)15)11-1-3-12(4-2-11)20(24)25/h1-8,16H,9-10H2,(H,24,25)(H,21,22,23). The van der Waals surface area contributed by atoms with Crippen molar-refractivity contribution in [2.75, 3.05) is 0 Å². The Hall–Kier alpha value is -3.41. The fraction of sp³-hybridized carbons (Fsp3) is 0.150. The van der Waals surface area contributed by atoms with Crippen LogP contribution in [0, 0.1) is 5.92 Å². The van der Waals surface area contributed by atoms with E-state index in [4.69, 9.17) is 9.52 Å². The molecule has 1 unspecified atom stereocenters. The molecule has 2 N–H and O–H groups in total. The Balaban J connectivity index is 1.73. The van der Waals surface area contributed by atoms with Crippen LogP contribution in [0.3, 0.4) is 0 Å². The van der Waals surface area contributed by atoms with Crippen molar-refractivity contribution in [3.05, 3.63) is 59.9 Å². The van der Waals surface area contributed by atoms with Crippen molar-refractivity contribution in [2.45, 2.75) is 12.8 Å². The zero-order valence-electron chi connectivity index (χ0n) is 13.7. The first kappa shape index (κ1) is 16.1. The molecule has 26 heavy (non-hydrogen) atoms. The van der Waals surface area contributed by atoms with E-state index >= 15 is 0 Å². The van der Waals surface area contributed by atoms with Gasteiger partial charge in [-0.2, -0.15) is 0 Å². The Morgan fingerprint density at radius 3 is 2.54 bits per heavy atom. The molecule has 1 aliphatic heterocycles. The molecule has 0 saturated carbocycles. The number of nitrogens with one attached hydrogen (secondary N) is 1. The van der Waals surface area contributed by atoms with Crippen molar-refractivity contribution < 1.29 is 23.9 Å². The molecule has 6 heteroatoms. The molecule has 2 heterocycles. The van der Waals surface area contributed by atoms with Crippen LogP contribution in [-0.2, 0) is 16.0 Å². The SMILES string of the molecule is O=C1CC(Cc2cc(-c3ccc(C(=O)O)cc3)cc3ccoc23)C(=O)N1. The maximum absolute atomic E-state index is 11.9. The lowest BCUT2D eigenvalue weighted by Crippen LogP contribution is -2.22. The number of carbonyl (C=O) groups is 3. The number of hydrogen-bond donors (Lipinski definition) is 2. The Morgan fingerprint density at radius 1 is 1.12 bits per heavy atom. The van der Waals surface area contributed by atoms with E-state index in [9.17, 15) is 14.4 Å². The number of benzene rings is 2. The normalized spacial score (nSPS) is 16.8. The topological polar surface area (TPSA) is 96.6 Å². The summed E-state index contributed by atoms with van der Waals surface area (Å²) in [6.45, 7) is 0. The van der Waals surface area contributed by atoms with E-state index in [1.165, 1.54) is 0 Å². The number of imide groups is 1. The minimum atomic E-state index is -0.973. The van der Waals surface area contributed by atoms with Gasteiger partial charge in [-0.15, -0.1) is 0 Å². The van der Waals surface area contributed by atoms with Crippen LogP contribution in [0.2, 0.25) is 0 Å². The van der Waals surface area contributed by atoms with Crippen molar-refractivity contribution >= 4 is 28.8 Å². The molecule has 4 rings (SSSR count). The second kappa shape index (κ2) is 6.15. The van der Waals surface area contributed by atoms with E-state index < -0.39 is 11.9 Å². The van der Waals surface area contributed by atoms with Gasteiger partial charge in [0.15, 0.2) is 0 Å². The summed E-state index contributed by atoms with van der Waals surface area (Å²) in [5, 5.41) is 12.3. The van der Waals surface area contributed by atoms with E-state index in [0.29, 0.717) is 12.0 Å². The number of carboxylic acids is 1. The molecule has 6 nitrogen and oxygen atoms in total. The monoisotopic (exact) mass is 349 g/mol. The largest absolute Gasteiger partial charge is 0.478 e. The Kier molecular flexibility index (Phi) is 3.80. The van der Waals surface area contributed by atoms with Gasteiger partial charge >= 0.3 is 5.97 Å². The van der Waals surface area contributed by atoms with E-state index in [1.54, 1.807) is 30.5 Å². The highest BCUT2D eigenvalue weighted by Crippen LogP contribution is 2.31. The van der Waals surface area contributed by atoms with Gasteiger partial charge in [-0.3, -0.25) is 14.9 Å². The highest BCUT2D eigenvalue weighted by atomic mass is 16.4. The van der Waals surface area contributed by atoms with Crippen LogP contribution in [-0.4, -0.2) is 22.9 Å². The first-order valence-corrected chi connectivity index (χ1v) is 8.19. The Labute approximate surface area is 148 Å². The molecule has 0 spiro atoms. The van der Waals surface area contributed by atoms with Gasteiger partial charge in [0.25, 0.3) is 0 Å². The average molecular weight is 349 g/mol. The summed E-state index contributed by atoms with van der Waals surface area (Å²) in [4.78, 5) is 34.4. The van der Waals surface area contributed by atoms with Crippen molar-refractivity contribution in [2.24, 2.45) is 5.92 Å². The predicted octanol–water partition coefficient (Wildman–Crippen LogP) is 3.00. The van der Waals surface area contributed by atoms with Crippen LogP contribution in [0.15, 0.2) is 53.1 Å². The maximum atomic E-state index is 11.9. The predicted molar refractivity (Wildman–Crippen MR) is 93.6 cm³/mol. The van der Waals surface area contributed by atoms with Crippen LogP contribution < -0.4 is 5.32 Å². The quantitative estimate of drug-likeness (QED) is 0.706. The number of hydrogen-bond acceptors (Lipinski definition) is 4. The first-order valence-electron chi connectivity index (χ1n) is 8.19. The first-order chi connectivity index (χ1) is 12.5. The van der Waals surface area contributed by atoms with Crippen molar-refractivity contribution in [3.63, 3.8) is 0 Å². The van der Waals surface area contributed by atoms with Crippen molar-refractivity contribution in [3.8, 4) is 11.1 Å². The van der Waals surface area contributed by atoms with Gasteiger partial charge in [0.2, 0.25) is 11.8 Å². The van der Waals surface area contributed by atoms with Gasteiger partial charge in [-0.1, -0.05) is 12.1 Å². The van der Waals surface area contributed by atoms with Crippen LogP contribution in [0.1, 0.15) is 22.3 Å². The molecule has 3 aromatic rings. The number of fused-ring (bicyclic) bond motifs is 1.